The monoisotopic (exact) mass is 331 g/mol. The molecule has 0 spiro atoms. The third kappa shape index (κ3) is 3.59. The third-order valence-electron chi connectivity index (χ3n) is 3.86. The molecule has 7 heteroatoms. The second kappa shape index (κ2) is 6.91. The standard InChI is InChI=1S/C16H18ClN5O/c1-12(23)15(11-21-9-3-2-4-10-21)16-18-19-20-22(16)14-7-5-13(17)6-8-14/h5-8,11H,2-4,9-10H2,1H3/b15-11+. The zero-order valence-corrected chi connectivity index (χ0v) is 13.7. The number of carbonyl (C=O) groups excluding carboxylic acids is 1. The van der Waals surface area contributed by atoms with Crippen molar-refractivity contribution in [3.05, 3.63) is 41.3 Å². The maximum absolute atomic E-state index is 12.1. The molecule has 0 amide bonds. The Kier molecular flexibility index (Phi) is 4.71. The molecule has 120 valence electrons. The molecule has 0 bridgehead atoms. The highest BCUT2D eigenvalue weighted by Gasteiger charge is 2.19. The van der Waals surface area contributed by atoms with Crippen LogP contribution in [-0.4, -0.2) is 44.0 Å². The van der Waals surface area contributed by atoms with Gasteiger partial charge in [0.15, 0.2) is 11.6 Å². The van der Waals surface area contributed by atoms with Gasteiger partial charge in [0.05, 0.1) is 11.3 Å². The van der Waals surface area contributed by atoms with Gasteiger partial charge in [-0.05, 0) is 60.9 Å². The summed E-state index contributed by atoms with van der Waals surface area (Å²) in [5, 5.41) is 12.4. The lowest BCUT2D eigenvalue weighted by molar-refractivity contribution is -0.111. The zero-order chi connectivity index (χ0) is 16.2. The molecular weight excluding hydrogens is 314 g/mol. The predicted octanol–water partition coefficient (Wildman–Crippen LogP) is 2.73. The number of benzene rings is 1. The van der Waals surface area contributed by atoms with E-state index in [2.05, 4.69) is 20.4 Å². The molecule has 0 radical (unpaired) electrons. The maximum Gasteiger partial charge on any atom is 0.192 e. The molecule has 0 N–H and O–H groups in total. The van der Waals surface area contributed by atoms with Crippen LogP contribution in [0, 0.1) is 0 Å². The summed E-state index contributed by atoms with van der Waals surface area (Å²) in [5.74, 6) is 0.394. The molecule has 2 aromatic rings. The van der Waals surface area contributed by atoms with Gasteiger partial charge in [0.1, 0.15) is 0 Å². The van der Waals surface area contributed by atoms with Gasteiger partial charge in [-0.3, -0.25) is 4.79 Å². The van der Waals surface area contributed by atoms with Crippen LogP contribution in [0.1, 0.15) is 32.0 Å². The van der Waals surface area contributed by atoms with Crippen LogP contribution in [0.15, 0.2) is 30.5 Å². The molecule has 1 aromatic carbocycles. The van der Waals surface area contributed by atoms with Crippen molar-refractivity contribution < 1.29 is 4.79 Å². The zero-order valence-electron chi connectivity index (χ0n) is 12.9. The number of tetrazole rings is 1. The first kappa shape index (κ1) is 15.7. The van der Waals surface area contributed by atoms with Crippen molar-refractivity contribution in [3.63, 3.8) is 0 Å². The molecular formula is C16H18ClN5O. The van der Waals surface area contributed by atoms with E-state index in [-0.39, 0.29) is 5.78 Å². The van der Waals surface area contributed by atoms with E-state index >= 15 is 0 Å². The number of ketones is 1. The number of hydrogen-bond acceptors (Lipinski definition) is 5. The van der Waals surface area contributed by atoms with E-state index in [1.165, 1.54) is 13.3 Å². The quantitative estimate of drug-likeness (QED) is 0.806. The minimum atomic E-state index is -0.0550. The van der Waals surface area contributed by atoms with Crippen LogP contribution in [0.25, 0.3) is 11.3 Å². The van der Waals surface area contributed by atoms with Crippen molar-refractivity contribution in [2.24, 2.45) is 0 Å². The maximum atomic E-state index is 12.1. The molecule has 2 heterocycles. The van der Waals surface area contributed by atoms with Gasteiger partial charge in [0.2, 0.25) is 0 Å². The Morgan fingerprint density at radius 1 is 1.17 bits per heavy atom. The average Bonchev–Trinajstić information content (AvgIpc) is 3.03. The van der Waals surface area contributed by atoms with E-state index in [9.17, 15) is 4.79 Å². The van der Waals surface area contributed by atoms with Crippen LogP contribution in [0.2, 0.25) is 5.02 Å². The number of rotatable bonds is 4. The van der Waals surface area contributed by atoms with Crippen LogP contribution in [0.5, 0.6) is 0 Å². The summed E-state index contributed by atoms with van der Waals surface area (Å²) < 4.78 is 1.56. The lowest BCUT2D eigenvalue weighted by Crippen LogP contribution is -2.25. The number of nitrogens with zero attached hydrogens (tertiary/aromatic N) is 5. The molecule has 1 fully saturated rings. The topological polar surface area (TPSA) is 63.9 Å². The molecule has 0 saturated carbocycles. The Morgan fingerprint density at radius 2 is 1.87 bits per heavy atom. The number of aromatic nitrogens is 4. The van der Waals surface area contributed by atoms with E-state index in [0.29, 0.717) is 16.4 Å². The Morgan fingerprint density at radius 3 is 2.52 bits per heavy atom. The highest BCUT2D eigenvalue weighted by Crippen LogP contribution is 2.20. The molecule has 0 aliphatic carbocycles. The summed E-state index contributed by atoms with van der Waals surface area (Å²) in [4.78, 5) is 14.3. The Labute approximate surface area is 139 Å². The van der Waals surface area contributed by atoms with Gasteiger partial charge in [0.25, 0.3) is 0 Å². The molecule has 1 saturated heterocycles. The van der Waals surface area contributed by atoms with E-state index < -0.39 is 0 Å². The Balaban J connectivity index is 1.98. The minimum Gasteiger partial charge on any atom is -0.377 e. The highest BCUT2D eigenvalue weighted by atomic mass is 35.5. The second-order valence-electron chi connectivity index (χ2n) is 5.59. The lowest BCUT2D eigenvalue weighted by Gasteiger charge is -2.25. The SMILES string of the molecule is CC(=O)/C(=C\N1CCCCC1)c1nnnn1-c1ccc(Cl)cc1. The van der Waals surface area contributed by atoms with E-state index in [1.54, 1.807) is 16.8 Å². The molecule has 1 aromatic heterocycles. The number of halogens is 1. The summed E-state index contributed by atoms with van der Waals surface area (Å²) in [5.41, 5.74) is 1.28. The number of carbonyl (C=O) groups is 1. The van der Waals surface area contributed by atoms with Gasteiger partial charge < -0.3 is 4.90 Å². The van der Waals surface area contributed by atoms with Crippen molar-refractivity contribution in [1.82, 2.24) is 25.1 Å². The molecule has 3 rings (SSSR count). The summed E-state index contributed by atoms with van der Waals surface area (Å²) in [7, 11) is 0. The number of hydrogen-bond donors (Lipinski definition) is 0. The molecule has 1 aliphatic heterocycles. The van der Waals surface area contributed by atoms with Crippen LogP contribution in [-0.2, 0) is 4.79 Å². The Hall–Kier alpha value is -2.21. The van der Waals surface area contributed by atoms with Crippen LogP contribution < -0.4 is 0 Å². The summed E-state index contributed by atoms with van der Waals surface area (Å²) in [6.07, 6.45) is 5.41. The van der Waals surface area contributed by atoms with Crippen molar-refractivity contribution in [2.75, 3.05) is 13.1 Å². The molecule has 0 atom stereocenters. The van der Waals surface area contributed by atoms with Crippen LogP contribution >= 0.6 is 11.6 Å². The normalized spacial score (nSPS) is 15.7. The largest absolute Gasteiger partial charge is 0.377 e. The Bertz CT molecular complexity index is 716. The first-order chi connectivity index (χ1) is 11.1. The average molecular weight is 332 g/mol. The fourth-order valence-corrected chi connectivity index (χ4v) is 2.77. The first-order valence-corrected chi connectivity index (χ1v) is 8.04. The predicted molar refractivity (Wildman–Crippen MR) is 88.2 cm³/mol. The van der Waals surface area contributed by atoms with Crippen molar-refractivity contribution in [1.29, 1.82) is 0 Å². The van der Waals surface area contributed by atoms with Crippen LogP contribution in [0.4, 0.5) is 0 Å². The number of piperidine rings is 1. The fraction of sp³-hybridized carbons (Fsp3) is 0.375. The molecule has 23 heavy (non-hydrogen) atoms. The van der Waals surface area contributed by atoms with Gasteiger partial charge >= 0.3 is 0 Å². The third-order valence-corrected chi connectivity index (χ3v) is 4.12. The van der Waals surface area contributed by atoms with Gasteiger partial charge in [-0.15, -0.1) is 5.10 Å². The van der Waals surface area contributed by atoms with Crippen LogP contribution in [0.3, 0.4) is 0 Å². The van der Waals surface area contributed by atoms with Crippen molar-refractivity contribution in [3.8, 4) is 5.69 Å². The lowest BCUT2D eigenvalue weighted by atomic mass is 10.1. The van der Waals surface area contributed by atoms with E-state index in [0.717, 1.165) is 31.6 Å². The first-order valence-electron chi connectivity index (χ1n) is 7.66. The number of allylic oxidation sites excluding steroid dienone is 1. The summed E-state index contributed by atoms with van der Waals surface area (Å²) >= 11 is 5.92. The highest BCUT2D eigenvalue weighted by molar-refractivity contribution is 6.30. The molecule has 1 aliphatic rings. The molecule has 6 nitrogen and oxygen atoms in total. The second-order valence-corrected chi connectivity index (χ2v) is 6.02. The number of likely N-dealkylation sites (tertiary alicyclic amines) is 1. The van der Waals surface area contributed by atoms with E-state index in [1.807, 2.05) is 18.3 Å². The van der Waals surface area contributed by atoms with Gasteiger partial charge in [0, 0.05) is 24.3 Å². The fourth-order valence-electron chi connectivity index (χ4n) is 2.65. The summed E-state index contributed by atoms with van der Waals surface area (Å²) in [6, 6.07) is 7.18. The number of Topliss-reactive ketones (excluding diaryl/α,β-unsaturated/α-hetero) is 1. The molecule has 0 unspecified atom stereocenters. The van der Waals surface area contributed by atoms with E-state index in [4.69, 9.17) is 11.6 Å². The summed E-state index contributed by atoms with van der Waals surface area (Å²) in [6.45, 7) is 3.45. The van der Waals surface area contributed by atoms with Gasteiger partial charge in [-0.1, -0.05) is 11.6 Å². The van der Waals surface area contributed by atoms with Crippen molar-refractivity contribution in [2.45, 2.75) is 26.2 Å². The van der Waals surface area contributed by atoms with Gasteiger partial charge in [-0.2, -0.15) is 4.68 Å². The van der Waals surface area contributed by atoms with Gasteiger partial charge in [-0.25, -0.2) is 0 Å². The minimum absolute atomic E-state index is 0.0550. The smallest absolute Gasteiger partial charge is 0.192 e. The van der Waals surface area contributed by atoms with Crippen molar-refractivity contribution >= 4 is 23.0 Å².